The predicted molar refractivity (Wildman–Crippen MR) is 180 cm³/mol. The van der Waals surface area contributed by atoms with E-state index in [1.165, 1.54) is 21.6 Å². The molecule has 0 aliphatic carbocycles. The molecule has 1 fully saturated rings. The Hall–Kier alpha value is -4.04. The largest absolute Gasteiger partial charge is 0.481 e. The molecule has 0 spiro atoms. The van der Waals surface area contributed by atoms with Crippen LogP contribution in [0, 0.1) is 6.92 Å². The molecule has 4 aromatic rings. The summed E-state index contributed by atoms with van der Waals surface area (Å²) < 4.78 is 45.4. The van der Waals surface area contributed by atoms with Crippen molar-refractivity contribution in [1.82, 2.24) is 24.9 Å². The molecule has 27 heteroatoms. The van der Waals surface area contributed by atoms with Crippen molar-refractivity contribution in [3.8, 4) is 0 Å². The van der Waals surface area contributed by atoms with Crippen LogP contribution < -0.4 is 31.8 Å². The molecule has 0 radical (unpaired) electrons. The van der Waals surface area contributed by atoms with Gasteiger partial charge >= 0.3 is 27.0 Å². The number of aromatic amines is 2. The summed E-state index contributed by atoms with van der Waals surface area (Å²) in [6.07, 6.45) is -11.0. The molecular weight excluding hydrogens is 768 g/mol. The van der Waals surface area contributed by atoms with Crippen LogP contribution in [0.2, 0.25) is 0 Å². The molecule has 9 atom stereocenters. The average molecular weight is 805 g/mol. The zero-order valence-corrected chi connectivity index (χ0v) is 29.6. The third-order valence-corrected chi connectivity index (χ3v) is 11.3. The van der Waals surface area contributed by atoms with E-state index in [-0.39, 0.29) is 40.5 Å². The van der Waals surface area contributed by atoms with Gasteiger partial charge in [0.2, 0.25) is 5.52 Å². The van der Waals surface area contributed by atoms with Crippen molar-refractivity contribution >= 4 is 55.2 Å². The number of aryl methyl sites for hydroxylation is 1. The number of aliphatic hydroxyl groups excluding tert-OH is 6. The Labute approximate surface area is 301 Å². The summed E-state index contributed by atoms with van der Waals surface area (Å²) in [4.78, 5) is 62.9. The summed E-state index contributed by atoms with van der Waals surface area (Å²) in [5, 5.41) is 65.9. The lowest BCUT2D eigenvalue weighted by Gasteiger charge is -2.26. The van der Waals surface area contributed by atoms with Gasteiger partial charge in [-0.2, -0.15) is 9.29 Å². The van der Waals surface area contributed by atoms with Gasteiger partial charge in [0.1, 0.15) is 60.7 Å². The Morgan fingerprint density at radius 1 is 1.07 bits per heavy atom. The van der Waals surface area contributed by atoms with Crippen molar-refractivity contribution in [1.29, 1.82) is 0 Å². The summed E-state index contributed by atoms with van der Waals surface area (Å²) in [6, 6.07) is 3.01. The molecule has 1 aromatic carbocycles. The third-order valence-electron chi connectivity index (χ3n) is 8.67. The summed E-state index contributed by atoms with van der Waals surface area (Å²) in [6.45, 7) is -1.51. The van der Waals surface area contributed by atoms with Gasteiger partial charge in [-0.1, -0.05) is 0 Å². The molecule has 5 heterocycles. The van der Waals surface area contributed by atoms with Gasteiger partial charge in [-0.05, 0) is 30.2 Å². The topological polar surface area (TPSA) is 382 Å². The fourth-order valence-corrected chi connectivity index (χ4v) is 8.01. The molecule has 1 saturated heterocycles. The number of nitrogens with zero attached hydrogens (tertiary/aromatic N) is 5. The highest BCUT2D eigenvalue weighted by atomic mass is 31.3. The van der Waals surface area contributed by atoms with Crippen LogP contribution >= 0.6 is 15.6 Å². The van der Waals surface area contributed by atoms with E-state index in [1.54, 1.807) is 6.92 Å². The molecule has 54 heavy (non-hydrogen) atoms. The third kappa shape index (κ3) is 8.00. The molecule has 294 valence electrons. The van der Waals surface area contributed by atoms with Crippen molar-refractivity contribution < 1.29 is 72.2 Å². The van der Waals surface area contributed by atoms with Gasteiger partial charge in [0.15, 0.2) is 23.4 Å². The van der Waals surface area contributed by atoms with E-state index in [4.69, 9.17) is 15.0 Å². The molecule has 6 rings (SSSR count). The Morgan fingerprint density at radius 3 is 2.52 bits per heavy atom. The van der Waals surface area contributed by atoms with Crippen LogP contribution in [0.15, 0.2) is 28.0 Å². The number of benzene rings is 1. The van der Waals surface area contributed by atoms with Gasteiger partial charge in [0.05, 0.1) is 26.5 Å². The SMILES string of the molecule is Cc1cc2nc3c(=O)[nH]c(=O)[nH]c3[n+](C[C@@H](O)[C@@H](O)[C@@H](O)COP(=O)(O)OP(=O)(O)OC[C@H]3O[C@@H](N4CNc5c(N)ncnc54)[C@H](O)[C@@H]3O)c2cc1CO. The number of hydrogen-bond acceptors (Lipinski definition) is 20. The fraction of sp³-hybridized carbons (Fsp3) is 0.481. The van der Waals surface area contributed by atoms with E-state index in [0.717, 1.165) is 6.33 Å². The first kappa shape index (κ1) is 39.6. The van der Waals surface area contributed by atoms with Gasteiger partial charge < -0.3 is 61.1 Å². The van der Waals surface area contributed by atoms with Crippen LogP contribution in [0.25, 0.3) is 22.2 Å². The smallest absolute Gasteiger partial charge is 0.392 e. The van der Waals surface area contributed by atoms with Crippen molar-refractivity contribution in [3.05, 3.63) is 50.4 Å². The molecule has 2 aliphatic rings. The van der Waals surface area contributed by atoms with Crippen molar-refractivity contribution in [2.75, 3.05) is 35.8 Å². The van der Waals surface area contributed by atoms with Crippen molar-refractivity contribution in [2.45, 2.75) is 62.9 Å². The lowest BCUT2D eigenvalue weighted by molar-refractivity contribution is -0.657. The second-order valence-corrected chi connectivity index (χ2v) is 15.3. The number of nitrogens with two attached hydrogens (primary N) is 1. The molecule has 3 aromatic heterocycles. The average Bonchev–Trinajstić information content (AvgIpc) is 3.66. The van der Waals surface area contributed by atoms with Gasteiger partial charge in [-0.15, -0.1) is 0 Å². The normalized spacial score (nSPS) is 23.8. The molecule has 13 N–H and O–H groups in total. The lowest BCUT2D eigenvalue weighted by atomic mass is 10.1. The number of fused-ring (bicyclic) bond motifs is 3. The number of hydrogen-bond donors (Lipinski definition) is 12. The Bertz CT molecular complexity index is 2280. The number of phosphoric ester groups is 2. The molecule has 0 bridgehead atoms. The highest BCUT2D eigenvalue weighted by Gasteiger charge is 2.49. The van der Waals surface area contributed by atoms with Crippen molar-refractivity contribution in [2.24, 2.45) is 0 Å². The highest BCUT2D eigenvalue weighted by molar-refractivity contribution is 7.61. The molecule has 0 saturated carbocycles. The molecule has 2 aliphatic heterocycles. The first-order valence-corrected chi connectivity index (χ1v) is 18.8. The Morgan fingerprint density at radius 2 is 1.80 bits per heavy atom. The lowest BCUT2D eigenvalue weighted by Crippen LogP contribution is -2.51. The predicted octanol–water partition coefficient (Wildman–Crippen LogP) is -4.11. The number of aromatic nitrogens is 6. The number of H-pyrrole nitrogens is 2. The van der Waals surface area contributed by atoms with Crippen LogP contribution in [0.1, 0.15) is 11.1 Å². The van der Waals surface area contributed by atoms with E-state index in [0.29, 0.717) is 16.8 Å². The van der Waals surface area contributed by atoms with Gasteiger partial charge in [0, 0.05) is 0 Å². The highest BCUT2D eigenvalue weighted by Crippen LogP contribution is 2.60. The minimum atomic E-state index is -5.55. The van der Waals surface area contributed by atoms with Crippen molar-refractivity contribution in [3.63, 3.8) is 0 Å². The monoisotopic (exact) mass is 804 g/mol. The van der Waals surface area contributed by atoms with Crippen LogP contribution in [0.4, 0.5) is 17.3 Å². The Balaban J connectivity index is 1.07. The number of aliphatic hydroxyl groups is 6. The molecule has 0 amide bonds. The maximum Gasteiger partial charge on any atom is 0.481 e. The van der Waals surface area contributed by atoms with E-state index in [1.807, 2.05) is 4.98 Å². The van der Waals surface area contributed by atoms with E-state index in [9.17, 15) is 59.1 Å². The number of rotatable bonds is 14. The zero-order valence-electron chi connectivity index (χ0n) is 27.9. The van der Waals surface area contributed by atoms with Crippen LogP contribution in [0.3, 0.4) is 0 Å². The summed E-state index contributed by atoms with van der Waals surface area (Å²) >= 11 is 0. The first-order chi connectivity index (χ1) is 25.4. The second-order valence-electron chi connectivity index (χ2n) is 12.3. The molecular formula is C27H36N9O16P2+. The van der Waals surface area contributed by atoms with Gasteiger partial charge in [-0.3, -0.25) is 18.8 Å². The number of nitrogens with one attached hydrogen (secondary N) is 3. The maximum atomic E-state index is 12.6. The summed E-state index contributed by atoms with van der Waals surface area (Å²) in [5.74, 6) is 0.354. The maximum absolute atomic E-state index is 12.6. The molecule has 25 nitrogen and oxygen atoms in total. The minimum Gasteiger partial charge on any atom is -0.392 e. The number of nitrogen functional groups attached to an aromatic ring is 1. The summed E-state index contributed by atoms with van der Waals surface area (Å²) in [5.41, 5.74) is 5.35. The fourth-order valence-electron chi connectivity index (χ4n) is 5.91. The number of phosphoric acid groups is 2. The van der Waals surface area contributed by atoms with E-state index >= 15 is 0 Å². The standard InChI is InChI=1S/C27H35N9O16P2/c1-10-2-12-13(3-11(10)5-37)35(24-18(32-12)25(43)34-27(44)33-24)4-14(38)19(40)15(39)6-49-53(45,46)52-54(47,48)50-7-16-20(41)21(42)26(51-16)36-9-31-17-22(28)29-8-30-23(17)36/h2-3,8,14-16,19-21,26,37-42H,4-7,9H2,1H3,(H6,28,29,30,31,32,33,34,43,44,45,46,47,48)/p+1/t14-,15+,16-,19-,20-,21-,26-/m1/s1. The molecule has 2 unspecified atom stereocenters. The van der Waals surface area contributed by atoms with Gasteiger partial charge in [-0.25, -0.2) is 33.4 Å². The second kappa shape index (κ2) is 15.2. The Kier molecular flexibility index (Phi) is 11.2. The van der Waals surface area contributed by atoms with Crippen LogP contribution in [-0.4, -0.2) is 128 Å². The van der Waals surface area contributed by atoms with E-state index < -0.39 is 96.1 Å². The minimum absolute atomic E-state index is 0.0358. The number of anilines is 3. The quantitative estimate of drug-likeness (QED) is 0.0327. The van der Waals surface area contributed by atoms with Crippen LogP contribution in [0.5, 0.6) is 0 Å². The van der Waals surface area contributed by atoms with Gasteiger partial charge in [0.25, 0.3) is 5.56 Å². The van der Waals surface area contributed by atoms with Crippen LogP contribution in [-0.2, 0) is 40.4 Å². The summed E-state index contributed by atoms with van der Waals surface area (Å²) in [7, 11) is -11.0. The zero-order chi connectivity index (χ0) is 39.3. The first-order valence-electron chi connectivity index (χ1n) is 15.8. The van der Waals surface area contributed by atoms with E-state index in [2.05, 4.69) is 34.1 Å². The number of ether oxygens (including phenoxy) is 1.